The summed E-state index contributed by atoms with van der Waals surface area (Å²) >= 11 is 5.79. The lowest BCUT2D eigenvalue weighted by atomic mass is 10.1. The van der Waals surface area contributed by atoms with Gasteiger partial charge in [0.05, 0.1) is 28.3 Å². The van der Waals surface area contributed by atoms with E-state index < -0.39 is 28.9 Å². The first-order valence-electron chi connectivity index (χ1n) is 7.78. The van der Waals surface area contributed by atoms with Gasteiger partial charge in [0.1, 0.15) is 28.7 Å². The van der Waals surface area contributed by atoms with Crippen LogP contribution in [0.15, 0.2) is 41.5 Å². The van der Waals surface area contributed by atoms with E-state index in [-0.39, 0.29) is 10.7 Å². The second-order valence-corrected chi connectivity index (χ2v) is 6.25. The summed E-state index contributed by atoms with van der Waals surface area (Å²) in [6.45, 7) is 0. The van der Waals surface area contributed by atoms with Crippen molar-refractivity contribution in [3.63, 3.8) is 0 Å². The van der Waals surface area contributed by atoms with Crippen molar-refractivity contribution in [2.24, 2.45) is 4.99 Å². The zero-order valence-electron chi connectivity index (χ0n) is 13.5. The molecule has 0 atom stereocenters. The molecule has 2 N–H and O–H groups in total. The second-order valence-electron chi connectivity index (χ2n) is 5.84. The number of benzene rings is 2. The number of carbonyl (C=O) groups excluding carboxylic acids is 1. The molecular formula is C18H10ClF3N4O. The van der Waals surface area contributed by atoms with Crippen LogP contribution in [0.4, 0.5) is 24.5 Å². The van der Waals surface area contributed by atoms with Gasteiger partial charge < -0.3 is 5.32 Å². The molecule has 9 heteroatoms. The standard InChI is InChI=1S/C18H10ClF3N4O/c19-9-4-8-5-14(24-13(8)6-12(9)22)17-15(7-23-26-17)25-18(27)16-10(20)2-1-3-11(16)21/h1-4,6-7H,5H2,(H,23,26)(H,25,27). The van der Waals surface area contributed by atoms with Crippen LogP contribution >= 0.6 is 11.6 Å². The SMILES string of the molecule is O=C(Nc1cn[nH]c1C1=Nc2cc(F)c(Cl)cc2C1)c1c(F)cccc1F. The van der Waals surface area contributed by atoms with Crippen LogP contribution in [0.1, 0.15) is 21.6 Å². The van der Waals surface area contributed by atoms with E-state index in [9.17, 15) is 18.0 Å². The van der Waals surface area contributed by atoms with Crippen LogP contribution < -0.4 is 5.32 Å². The fourth-order valence-corrected chi connectivity index (χ4v) is 3.02. The number of anilines is 1. The Bertz CT molecular complexity index is 1090. The third kappa shape index (κ3) is 3.08. The minimum atomic E-state index is -0.978. The second kappa shape index (κ2) is 6.55. The minimum absolute atomic E-state index is 0.0154. The smallest absolute Gasteiger partial charge is 0.261 e. The van der Waals surface area contributed by atoms with E-state index >= 15 is 0 Å². The third-order valence-electron chi connectivity index (χ3n) is 4.10. The maximum Gasteiger partial charge on any atom is 0.261 e. The molecule has 0 saturated carbocycles. The molecule has 5 nitrogen and oxygen atoms in total. The highest BCUT2D eigenvalue weighted by atomic mass is 35.5. The molecule has 2 aromatic carbocycles. The van der Waals surface area contributed by atoms with Crippen molar-refractivity contribution in [1.29, 1.82) is 0 Å². The number of rotatable bonds is 3. The highest BCUT2D eigenvalue weighted by Crippen LogP contribution is 2.34. The van der Waals surface area contributed by atoms with Gasteiger partial charge in [-0.25, -0.2) is 13.2 Å². The quantitative estimate of drug-likeness (QED) is 0.695. The van der Waals surface area contributed by atoms with Crippen LogP contribution in [-0.4, -0.2) is 21.8 Å². The Morgan fingerprint density at radius 2 is 1.89 bits per heavy atom. The Morgan fingerprint density at radius 1 is 1.15 bits per heavy atom. The molecule has 1 aliphatic rings. The van der Waals surface area contributed by atoms with Crippen LogP contribution in [-0.2, 0) is 6.42 Å². The molecule has 27 heavy (non-hydrogen) atoms. The molecule has 1 amide bonds. The highest BCUT2D eigenvalue weighted by Gasteiger charge is 2.24. The summed E-state index contributed by atoms with van der Waals surface area (Å²) in [7, 11) is 0. The number of aromatic nitrogens is 2. The fourth-order valence-electron chi connectivity index (χ4n) is 2.83. The molecule has 0 radical (unpaired) electrons. The fraction of sp³-hybridized carbons (Fsp3) is 0.0556. The lowest BCUT2D eigenvalue weighted by Crippen LogP contribution is -2.17. The lowest BCUT2D eigenvalue weighted by molar-refractivity contribution is 0.101. The number of hydrogen-bond donors (Lipinski definition) is 2. The first-order valence-corrected chi connectivity index (χ1v) is 8.16. The van der Waals surface area contributed by atoms with Crippen molar-refractivity contribution >= 4 is 34.6 Å². The predicted molar refractivity (Wildman–Crippen MR) is 94.2 cm³/mol. The molecule has 0 unspecified atom stereocenters. The number of aliphatic imine (C=N–C) groups is 1. The Morgan fingerprint density at radius 3 is 2.63 bits per heavy atom. The molecule has 136 valence electrons. The summed E-state index contributed by atoms with van der Waals surface area (Å²) in [5.41, 5.74) is 1.46. The van der Waals surface area contributed by atoms with Crippen molar-refractivity contribution in [2.45, 2.75) is 6.42 Å². The van der Waals surface area contributed by atoms with Gasteiger partial charge in [-0.2, -0.15) is 5.10 Å². The number of amides is 1. The Kier molecular flexibility index (Phi) is 4.19. The van der Waals surface area contributed by atoms with E-state index in [0.29, 0.717) is 29.1 Å². The summed E-state index contributed by atoms with van der Waals surface area (Å²) in [6, 6.07) is 5.84. The zero-order valence-corrected chi connectivity index (χ0v) is 14.2. The normalized spacial score (nSPS) is 12.7. The van der Waals surface area contributed by atoms with Crippen molar-refractivity contribution in [2.75, 3.05) is 5.32 Å². The van der Waals surface area contributed by atoms with E-state index in [0.717, 1.165) is 12.1 Å². The molecule has 0 aliphatic carbocycles. The molecule has 2 heterocycles. The number of H-pyrrole nitrogens is 1. The van der Waals surface area contributed by atoms with E-state index in [4.69, 9.17) is 11.6 Å². The van der Waals surface area contributed by atoms with Crippen molar-refractivity contribution in [3.05, 3.63) is 75.8 Å². The molecule has 1 aliphatic heterocycles. The summed E-state index contributed by atoms with van der Waals surface area (Å²) in [4.78, 5) is 16.6. The maximum atomic E-state index is 13.8. The zero-order chi connectivity index (χ0) is 19.1. The number of hydrogen-bond acceptors (Lipinski definition) is 3. The van der Waals surface area contributed by atoms with E-state index in [1.807, 2.05) is 0 Å². The maximum absolute atomic E-state index is 13.8. The number of aromatic amines is 1. The number of carbonyl (C=O) groups is 1. The molecule has 3 aromatic rings. The first-order chi connectivity index (χ1) is 12.9. The Labute approximate surface area is 155 Å². The van der Waals surface area contributed by atoms with E-state index in [2.05, 4.69) is 20.5 Å². The average molecular weight is 391 g/mol. The van der Waals surface area contributed by atoms with Gasteiger partial charge in [0.15, 0.2) is 0 Å². The topological polar surface area (TPSA) is 70.1 Å². The molecule has 0 bridgehead atoms. The van der Waals surface area contributed by atoms with Crippen LogP contribution in [0.3, 0.4) is 0 Å². The van der Waals surface area contributed by atoms with Crippen LogP contribution in [0.5, 0.6) is 0 Å². The average Bonchev–Trinajstić information content (AvgIpc) is 3.21. The van der Waals surface area contributed by atoms with Gasteiger partial charge in [0.2, 0.25) is 0 Å². The number of fused-ring (bicyclic) bond motifs is 1. The summed E-state index contributed by atoms with van der Waals surface area (Å²) < 4.78 is 41.2. The van der Waals surface area contributed by atoms with Crippen molar-refractivity contribution in [3.8, 4) is 0 Å². The predicted octanol–water partition coefficient (Wildman–Crippen LogP) is 4.41. The summed E-state index contributed by atoms with van der Waals surface area (Å²) in [5, 5.41) is 8.94. The van der Waals surface area contributed by atoms with E-state index in [1.54, 1.807) is 0 Å². The van der Waals surface area contributed by atoms with Gasteiger partial charge in [0, 0.05) is 12.5 Å². The molecule has 0 saturated heterocycles. The van der Waals surface area contributed by atoms with Gasteiger partial charge in [-0.1, -0.05) is 17.7 Å². The minimum Gasteiger partial charge on any atom is -0.319 e. The highest BCUT2D eigenvalue weighted by molar-refractivity contribution is 6.31. The van der Waals surface area contributed by atoms with Gasteiger partial charge in [-0.3, -0.25) is 14.9 Å². The van der Waals surface area contributed by atoms with Gasteiger partial charge >= 0.3 is 0 Å². The third-order valence-corrected chi connectivity index (χ3v) is 4.39. The van der Waals surface area contributed by atoms with Crippen LogP contribution in [0.25, 0.3) is 0 Å². The molecule has 1 aromatic heterocycles. The molecule has 0 spiro atoms. The number of halogens is 4. The monoisotopic (exact) mass is 390 g/mol. The Hall–Kier alpha value is -3.13. The number of nitrogens with one attached hydrogen (secondary N) is 2. The molecule has 4 rings (SSSR count). The summed E-state index contributed by atoms with van der Waals surface area (Å²) in [6.07, 6.45) is 1.62. The summed E-state index contributed by atoms with van der Waals surface area (Å²) in [5.74, 6) is -3.51. The molecular weight excluding hydrogens is 381 g/mol. The Balaban J connectivity index is 1.63. The van der Waals surface area contributed by atoms with Gasteiger partial charge in [0.25, 0.3) is 5.91 Å². The lowest BCUT2D eigenvalue weighted by Gasteiger charge is -2.07. The van der Waals surface area contributed by atoms with Crippen molar-refractivity contribution < 1.29 is 18.0 Å². The molecule has 0 fully saturated rings. The first kappa shape index (κ1) is 17.3. The van der Waals surface area contributed by atoms with Crippen LogP contribution in [0, 0.1) is 17.5 Å². The van der Waals surface area contributed by atoms with E-state index in [1.165, 1.54) is 24.4 Å². The largest absolute Gasteiger partial charge is 0.319 e. The van der Waals surface area contributed by atoms with Gasteiger partial charge in [-0.15, -0.1) is 0 Å². The number of nitrogens with zero attached hydrogens (tertiary/aromatic N) is 2. The van der Waals surface area contributed by atoms with Crippen LogP contribution in [0.2, 0.25) is 5.02 Å². The van der Waals surface area contributed by atoms with Crippen molar-refractivity contribution in [1.82, 2.24) is 10.2 Å². The van der Waals surface area contributed by atoms with Gasteiger partial charge in [-0.05, 0) is 23.8 Å².